The van der Waals surface area contributed by atoms with Crippen molar-refractivity contribution in [3.8, 4) is 0 Å². The normalized spacial score (nSPS) is 12.2. The Bertz CT molecular complexity index is 411. The molecule has 2 N–H and O–H groups in total. The number of anilines is 1. The maximum Gasteiger partial charge on any atom is 0.416 e. The molecule has 0 saturated heterocycles. The average Bonchev–Trinajstić information content (AvgIpc) is 2.10. The van der Waals surface area contributed by atoms with E-state index in [0.717, 1.165) is 0 Å². The van der Waals surface area contributed by atoms with Gasteiger partial charge in [0.15, 0.2) is 0 Å². The molecule has 0 aliphatic carbocycles. The molecular formula is C11H13ClF3N. The molecule has 0 spiro atoms. The summed E-state index contributed by atoms with van der Waals surface area (Å²) in [4.78, 5) is 0. The number of alkyl halides is 3. The van der Waals surface area contributed by atoms with Crippen molar-refractivity contribution in [3.63, 3.8) is 0 Å². The van der Waals surface area contributed by atoms with Crippen molar-refractivity contribution >= 4 is 17.3 Å². The average molecular weight is 252 g/mol. The smallest absolute Gasteiger partial charge is 0.398 e. The Morgan fingerprint density at radius 2 is 1.81 bits per heavy atom. The lowest BCUT2D eigenvalue weighted by molar-refractivity contribution is -0.138. The maximum absolute atomic E-state index is 12.9. The third-order valence-electron chi connectivity index (χ3n) is 2.46. The molecule has 5 heteroatoms. The summed E-state index contributed by atoms with van der Waals surface area (Å²) in [5, 5.41) is -0.0169. The molecule has 0 fully saturated rings. The van der Waals surface area contributed by atoms with Gasteiger partial charge in [-0.15, -0.1) is 0 Å². The van der Waals surface area contributed by atoms with E-state index >= 15 is 0 Å². The minimum atomic E-state index is -4.40. The summed E-state index contributed by atoms with van der Waals surface area (Å²) in [6.07, 6.45) is -4.40. The van der Waals surface area contributed by atoms with Crippen molar-refractivity contribution in [2.24, 2.45) is 0 Å². The predicted molar refractivity (Wildman–Crippen MR) is 59.7 cm³/mol. The van der Waals surface area contributed by atoms with Crippen LogP contribution in [-0.4, -0.2) is 0 Å². The van der Waals surface area contributed by atoms with E-state index in [4.69, 9.17) is 17.3 Å². The van der Waals surface area contributed by atoms with Crippen LogP contribution in [0.4, 0.5) is 18.9 Å². The van der Waals surface area contributed by atoms with E-state index in [0.29, 0.717) is 0 Å². The molecule has 0 unspecified atom stereocenters. The van der Waals surface area contributed by atoms with Crippen molar-refractivity contribution < 1.29 is 13.2 Å². The predicted octanol–water partition coefficient (Wildman–Crippen LogP) is 4.37. The Morgan fingerprint density at radius 3 is 2.19 bits per heavy atom. The summed E-state index contributed by atoms with van der Waals surface area (Å²) in [5.74, 6) is -0.255. The highest BCUT2D eigenvalue weighted by atomic mass is 35.5. The zero-order chi connectivity index (χ0) is 12.7. The standard InChI is InChI=1S/C11H13ClF3N/c1-5(2)7-4-8(16)10(12)6(3)9(7)11(13,14)15/h4-5H,16H2,1-3H3. The quantitative estimate of drug-likeness (QED) is 0.737. The molecule has 0 amide bonds. The molecule has 16 heavy (non-hydrogen) atoms. The third-order valence-corrected chi connectivity index (χ3v) is 2.96. The first kappa shape index (κ1) is 13.2. The van der Waals surface area contributed by atoms with E-state index in [9.17, 15) is 13.2 Å². The van der Waals surface area contributed by atoms with Gasteiger partial charge in [0.05, 0.1) is 16.3 Å². The molecule has 0 aromatic heterocycles. The number of benzene rings is 1. The summed E-state index contributed by atoms with van der Waals surface area (Å²) in [5.41, 5.74) is 5.28. The molecule has 0 aliphatic heterocycles. The minimum Gasteiger partial charge on any atom is -0.398 e. The Kier molecular flexibility index (Phi) is 3.43. The van der Waals surface area contributed by atoms with Gasteiger partial charge >= 0.3 is 6.18 Å². The first-order valence-corrected chi connectivity index (χ1v) is 5.19. The van der Waals surface area contributed by atoms with E-state index in [1.54, 1.807) is 13.8 Å². The van der Waals surface area contributed by atoms with E-state index in [1.807, 2.05) is 0 Å². The van der Waals surface area contributed by atoms with Crippen LogP contribution in [0.15, 0.2) is 6.07 Å². The van der Waals surface area contributed by atoms with Crippen LogP contribution in [0.1, 0.15) is 36.5 Å². The number of hydrogen-bond acceptors (Lipinski definition) is 1. The molecule has 1 nitrogen and oxygen atoms in total. The summed E-state index contributed by atoms with van der Waals surface area (Å²) >= 11 is 5.74. The fourth-order valence-electron chi connectivity index (χ4n) is 1.68. The van der Waals surface area contributed by atoms with Crippen LogP contribution in [-0.2, 0) is 6.18 Å². The Morgan fingerprint density at radius 1 is 1.31 bits per heavy atom. The van der Waals surface area contributed by atoms with Crippen LogP contribution in [0.2, 0.25) is 5.02 Å². The van der Waals surface area contributed by atoms with Crippen LogP contribution >= 0.6 is 11.6 Å². The number of rotatable bonds is 1. The molecule has 1 aromatic rings. The van der Waals surface area contributed by atoms with Crippen molar-refractivity contribution in [2.45, 2.75) is 32.9 Å². The van der Waals surface area contributed by atoms with E-state index in [-0.39, 0.29) is 27.8 Å². The number of nitrogens with two attached hydrogens (primary N) is 1. The largest absolute Gasteiger partial charge is 0.416 e. The molecule has 90 valence electrons. The first-order valence-electron chi connectivity index (χ1n) is 4.82. The van der Waals surface area contributed by atoms with E-state index < -0.39 is 11.7 Å². The highest BCUT2D eigenvalue weighted by Crippen LogP contribution is 2.42. The highest BCUT2D eigenvalue weighted by molar-refractivity contribution is 6.34. The first-order chi connectivity index (χ1) is 7.16. The second kappa shape index (κ2) is 4.17. The Balaban J connectivity index is 3.62. The fourth-order valence-corrected chi connectivity index (χ4v) is 1.83. The van der Waals surface area contributed by atoms with Gasteiger partial charge in [0.25, 0.3) is 0 Å². The van der Waals surface area contributed by atoms with Gasteiger partial charge in [-0.05, 0) is 30.0 Å². The number of nitrogen functional groups attached to an aromatic ring is 1. The zero-order valence-corrected chi connectivity index (χ0v) is 10.00. The van der Waals surface area contributed by atoms with Crippen molar-refractivity contribution in [1.29, 1.82) is 0 Å². The van der Waals surface area contributed by atoms with Gasteiger partial charge < -0.3 is 5.73 Å². The fraction of sp³-hybridized carbons (Fsp3) is 0.455. The molecule has 0 aliphatic rings. The lowest BCUT2D eigenvalue weighted by Gasteiger charge is -2.20. The van der Waals surface area contributed by atoms with E-state index in [2.05, 4.69) is 0 Å². The summed E-state index contributed by atoms with van der Waals surface area (Å²) < 4.78 is 38.6. The molecule has 0 atom stereocenters. The van der Waals surface area contributed by atoms with Gasteiger partial charge in [-0.1, -0.05) is 25.4 Å². The van der Waals surface area contributed by atoms with Gasteiger partial charge in [0, 0.05) is 0 Å². The molecule has 1 rings (SSSR count). The zero-order valence-electron chi connectivity index (χ0n) is 9.24. The number of hydrogen-bond donors (Lipinski definition) is 1. The lowest BCUT2D eigenvalue weighted by Crippen LogP contribution is -2.14. The second-order valence-electron chi connectivity index (χ2n) is 4.02. The second-order valence-corrected chi connectivity index (χ2v) is 4.40. The maximum atomic E-state index is 12.9. The molecule has 0 saturated carbocycles. The summed E-state index contributed by atoms with van der Waals surface area (Å²) in [7, 11) is 0. The monoisotopic (exact) mass is 251 g/mol. The van der Waals surface area contributed by atoms with Crippen molar-refractivity contribution in [3.05, 3.63) is 27.8 Å². The van der Waals surface area contributed by atoms with Crippen LogP contribution in [0, 0.1) is 6.92 Å². The molecular weight excluding hydrogens is 239 g/mol. The summed E-state index contributed by atoms with van der Waals surface area (Å²) in [6.45, 7) is 4.72. The van der Waals surface area contributed by atoms with Gasteiger partial charge in [-0.25, -0.2) is 0 Å². The van der Waals surface area contributed by atoms with Crippen molar-refractivity contribution in [1.82, 2.24) is 0 Å². The van der Waals surface area contributed by atoms with Gasteiger partial charge in [-0.3, -0.25) is 0 Å². The molecule has 0 heterocycles. The van der Waals surface area contributed by atoms with Crippen molar-refractivity contribution in [2.75, 3.05) is 5.73 Å². The van der Waals surface area contributed by atoms with Crippen LogP contribution in [0.3, 0.4) is 0 Å². The van der Waals surface area contributed by atoms with Gasteiger partial charge in [-0.2, -0.15) is 13.2 Å². The Labute approximate surface area is 97.4 Å². The highest BCUT2D eigenvalue weighted by Gasteiger charge is 2.37. The Hall–Kier alpha value is -0.900. The van der Waals surface area contributed by atoms with E-state index in [1.165, 1.54) is 13.0 Å². The molecule has 0 radical (unpaired) electrons. The molecule has 1 aromatic carbocycles. The lowest BCUT2D eigenvalue weighted by atomic mass is 9.92. The number of halogens is 4. The van der Waals surface area contributed by atoms with Crippen LogP contribution < -0.4 is 5.73 Å². The SMILES string of the molecule is Cc1c(Cl)c(N)cc(C(C)C)c1C(F)(F)F. The minimum absolute atomic E-state index is 0.00198. The van der Waals surface area contributed by atoms with Gasteiger partial charge in [0.1, 0.15) is 0 Å². The third kappa shape index (κ3) is 2.26. The van der Waals surface area contributed by atoms with Crippen LogP contribution in [0.5, 0.6) is 0 Å². The molecule has 0 bridgehead atoms. The van der Waals surface area contributed by atoms with Gasteiger partial charge in [0.2, 0.25) is 0 Å². The summed E-state index contributed by atoms with van der Waals surface area (Å²) in [6, 6.07) is 1.31. The van der Waals surface area contributed by atoms with Crippen LogP contribution in [0.25, 0.3) is 0 Å². The topological polar surface area (TPSA) is 26.0 Å².